The predicted octanol–water partition coefficient (Wildman–Crippen LogP) is 4.52. The van der Waals surface area contributed by atoms with Crippen LogP contribution in [0, 0.1) is 11.7 Å². The minimum atomic E-state index is -0.264. The highest BCUT2D eigenvalue weighted by atomic mass is 79.9. The quantitative estimate of drug-likeness (QED) is 0.881. The molecule has 1 aliphatic rings. The van der Waals surface area contributed by atoms with E-state index in [9.17, 15) is 4.39 Å². The summed E-state index contributed by atoms with van der Waals surface area (Å²) in [6, 6.07) is 5.29. The molecule has 0 saturated carbocycles. The second kappa shape index (κ2) is 6.06. The fourth-order valence-corrected chi connectivity index (χ4v) is 3.27. The second-order valence-corrected chi connectivity index (χ2v) is 6.61. The summed E-state index contributed by atoms with van der Waals surface area (Å²) in [7, 11) is 0. The lowest BCUT2D eigenvalue weighted by molar-refractivity contribution is 0.529. The van der Waals surface area contributed by atoms with Gasteiger partial charge < -0.3 is 5.32 Å². The molecule has 1 unspecified atom stereocenters. The maximum Gasteiger partial charge on any atom is 0.161 e. The van der Waals surface area contributed by atoms with E-state index in [-0.39, 0.29) is 5.82 Å². The highest BCUT2D eigenvalue weighted by Gasteiger charge is 2.20. The number of aliphatic imine (C=N–C) groups is 1. The fourth-order valence-electron chi connectivity index (χ4n) is 1.87. The molecule has 0 fully saturated rings. The molecule has 1 aliphatic heterocycles. The zero-order chi connectivity index (χ0) is 13.1. The lowest BCUT2D eigenvalue weighted by Crippen LogP contribution is -2.09. The molecule has 5 heteroatoms. The molecule has 0 amide bonds. The van der Waals surface area contributed by atoms with Crippen LogP contribution in [-0.2, 0) is 0 Å². The molecule has 18 heavy (non-hydrogen) atoms. The Morgan fingerprint density at radius 2 is 2.33 bits per heavy atom. The van der Waals surface area contributed by atoms with E-state index in [0.29, 0.717) is 17.6 Å². The molecule has 0 aromatic heterocycles. The van der Waals surface area contributed by atoms with Crippen molar-refractivity contribution in [1.82, 2.24) is 0 Å². The Kier molecular flexibility index (Phi) is 4.67. The van der Waals surface area contributed by atoms with Gasteiger partial charge in [0.1, 0.15) is 5.82 Å². The topological polar surface area (TPSA) is 24.4 Å². The molecule has 0 bridgehead atoms. The van der Waals surface area contributed by atoms with Crippen LogP contribution in [0.2, 0.25) is 0 Å². The number of benzene rings is 1. The van der Waals surface area contributed by atoms with Crippen molar-refractivity contribution in [3.05, 3.63) is 28.5 Å². The molecule has 0 spiro atoms. The monoisotopic (exact) mass is 330 g/mol. The van der Waals surface area contributed by atoms with Gasteiger partial charge in [0.05, 0.1) is 11.7 Å². The van der Waals surface area contributed by atoms with Gasteiger partial charge in [-0.2, -0.15) is 0 Å². The Bertz CT molecular complexity index is 442. The molecule has 1 aromatic rings. The summed E-state index contributed by atoms with van der Waals surface area (Å²) >= 11 is 5.00. The van der Waals surface area contributed by atoms with Crippen LogP contribution in [0.1, 0.15) is 20.3 Å². The predicted molar refractivity (Wildman–Crippen MR) is 80.9 cm³/mol. The van der Waals surface area contributed by atoms with Crippen LogP contribution < -0.4 is 5.32 Å². The molecule has 0 aliphatic carbocycles. The van der Waals surface area contributed by atoms with E-state index in [1.807, 2.05) is 6.07 Å². The zero-order valence-electron chi connectivity index (χ0n) is 10.4. The molecule has 2 nitrogen and oxygen atoms in total. The SMILES string of the molecule is CC(C)CC1CSC(Nc2c(F)cccc2Br)=N1. The minimum absolute atomic E-state index is 0.264. The highest BCUT2D eigenvalue weighted by molar-refractivity contribution is 9.10. The first kappa shape index (κ1) is 13.9. The Hall–Kier alpha value is -0.550. The maximum atomic E-state index is 13.7. The number of rotatable bonds is 3. The number of thioether (sulfide) groups is 1. The van der Waals surface area contributed by atoms with E-state index < -0.39 is 0 Å². The summed E-state index contributed by atoms with van der Waals surface area (Å²) in [5, 5.41) is 3.88. The van der Waals surface area contributed by atoms with Gasteiger partial charge in [-0.25, -0.2) is 4.39 Å². The van der Waals surface area contributed by atoms with Gasteiger partial charge in [-0.3, -0.25) is 4.99 Å². The number of hydrogen-bond acceptors (Lipinski definition) is 3. The molecule has 0 saturated heterocycles. The Morgan fingerprint density at radius 1 is 1.56 bits per heavy atom. The Morgan fingerprint density at radius 3 is 3.00 bits per heavy atom. The standard InChI is InChI=1S/C13H16BrFN2S/c1-8(2)6-9-7-18-13(16-9)17-12-10(14)4-3-5-11(12)15/h3-5,8-9H,6-7H2,1-2H3,(H,16,17). The smallest absolute Gasteiger partial charge is 0.161 e. The van der Waals surface area contributed by atoms with Crippen LogP contribution in [0.25, 0.3) is 0 Å². The Labute approximate surface area is 120 Å². The molecule has 1 heterocycles. The van der Waals surface area contributed by atoms with Crippen molar-refractivity contribution in [2.45, 2.75) is 26.3 Å². The van der Waals surface area contributed by atoms with Gasteiger partial charge in [-0.1, -0.05) is 31.7 Å². The summed E-state index contributed by atoms with van der Waals surface area (Å²) < 4.78 is 14.4. The van der Waals surface area contributed by atoms with Crippen molar-refractivity contribution < 1.29 is 4.39 Å². The number of halogens is 2. The van der Waals surface area contributed by atoms with Crippen molar-refractivity contribution in [2.24, 2.45) is 10.9 Å². The third-order valence-corrected chi connectivity index (χ3v) is 4.34. The molecule has 1 atom stereocenters. The van der Waals surface area contributed by atoms with E-state index in [1.165, 1.54) is 6.07 Å². The van der Waals surface area contributed by atoms with E-state index >= 15 is 0 Å². The Balaban J connectivity index is 2.06. The first-order valence-electron chi connectivity index (χ1n) is 5.98. The average molecular weight is 331 g/mol. The average Bonchev–Trinajstić information content (AvgIpc) is 2.70. The molecule has 1 N–H and O–H groups in total. The van der Waals surface area contributed by atoms with Gasteiger partial charge in [-0.05, 0) is 40.4 Å². The molecular weight excluding hydrogens is 315 g/mol. The molecule has 2 rings (SSSR count). The number of amidine groups is 1. The molecule has 98 valence electrons. The van der Waals surface area contributed by atoms with Crippen LogP contribution in [-0.4, -0.2) is 17.0 Å². The normalized spacial score (nSPS) is 19.2. The molecule has 1 aromatic carbocycles. The van der Waals surface area contributed by atoms with Crippen molar-refractivity contribution in [3.8, 4) is 0 Å². The van der Waals surface area contributed by atoms with Gasteiger partial charge >= 0.3 is 0 Å². The van der Waals surface area contributed by atoms with Gasteiger partial charge in [0.2, 0.25) is 0 Å². The fraction of sp³-hybridized carbons (Fsp3) is 0.462. The summed E-state index contributed by atoms with van der Waals surface area (Å²) in [6.45, 7) is 4.39. The van der Waals surface area contributed by atoms with Crippen LogP contribution in [0.4, 0.5) is 10.1 Å². The van der Waals surface area contributed by atoms with Gasteiger partial charge in [0, 0.05) is 10.2 Å². The van der Waals surface area contributed by atoms with Gasteiger partial charge in [0.25, 0.3) is 0 Å². The maximum absolute atomic E-state index is 13.7. The van der Waals surface area contributed by atoms with Crippen molar-refractivity contribution >= 4 is 38.5 Å². The summed E-state index contributed by atoms with van der Waals surface area (Å²) in [5.74, 6) is 1.35. The number of hydrogen-bond donors (Lipinski definition) is 1. The van der Waals surface area contributed by atoms with Gasteiger partial charge in [0.15, 0.2) is 5.17 Å². The van der Waals surface area contributed by atoms with Crippen LogP contribution in [0.3, 0.4) is 0 Å². The highest BCUT2D eigenvalue weighted by Crippen LogP contribution is 2.29. The van der Waals surface area contributed by atoms with Crippen LogP contribution >= 0.6 is 27.7 Å². The summed E-state index contributed by atoms with van der Waals surface area (Å²) in [4.78, 5) is 4.59. The number of nitrogens with zero attached hydrogens (tertiary/aromatic N) is 1. The zero-order valence-corrected chi connectivity index (χ0v) is 12.8. The van der Waals surface area contributed by atoms with Crippen molar-refractivity contribution in [3.63, 3.8) is 0 Å². The number of para-hydroxylation sites is 1. The number of anilines is 1. The van der Waals surface area contributed by atoms with E-state index in [0.717, 1.165) is 21.8 Å². The van der Waals surface area contributed by atoms with E-state index in [2.05, 4.69) is 40.1 Å². The second-order valence-electron chi connectivity index (χ2n) is 4.75. The first-order valence-corrected chi connectivity index (χ1v) is 7.75. The molecular formula is C13H16BrFN2S. The minimum Gasteiger partial charge on any atom is -0.332 e. The third-order valence-electron chi connectivity index (χ3n) is 2.65. The third kappa shape index (κ3) is 3.48. The lowest BCUT2D eigenvalue weighted by atomic mass is 10.1. The first-order chi connectivity index (χ1) is 8.56. The number of nitrogens with one attached hydrogen (secondary N) is 1. The largest absolute Gasteiger partial charge is 0.332 e. The molecule has 0 radical (unpaired) electrons. The lowest BCUT2D eigenvalue weighted by Gasteiger charge is -2.08. The summed E-state index contributed by atoms with van der Waals surface area (Å²) in [5.41, 5.74) is 0.467. The van der Waals surface area contributed by atoms with E-state index in [1.54, 1.807) is 17.8 Å². The van der Waals surface area contributed by atoms with Crippen molar-refractivity contribution in [1.29, 1.82) is 0 Å². The van der Waals surface area contributed by atoms with Crippen LogP contribution in [0.5, 0.6) is 0 Å². The van der Waals surface area contributed by atoms with Gasteiger partial charge in [-0.15, -0.1) is 0 Å². The van der Waals surface area contributed by atoms with E-state index in [4.69, 9.17) is 0 Å². The van der Waals surface area contributed by atoms with Crippen LogP contribution in [0.15, 0.2) is 27.7 Å². The summed E-state index contributed by atoms with van der Waals surface area (Å²) in [6.07, 6.45) is 1.08. The van der Waals surface area contributed by atoms with Crippen molar-refractivity contribution in [2.75, 3.05) is 11.1 Å².